The van der Waals surface area contributed by atoms with Crippen LogP contribution in [-0.4, -0.2) is 21.8 Å². The number of hydrogen-bond donors (Lipinski definition) is 1. The number of aromatic nitrogens is 3. The normalized spacial score (nSPS) is 10.5. The highest BCUT2D eigenvalue weighted by molar-refractivity contribution is 7.98. The number of thioether (sulfide) groups is 1. The zero-order chi connectivity index (χ0) is 12.3. The van der Waals surface area contributed by atoms with E-state index in [0.29, 0.717) is 0 Å². The molecule has 4 nitrogen and oxygen atoms in total. The molecule has 2 rings (SSSR count). The SMILES string of the molecule is CNc1cc(CSc2cc(C)nn2C)ccn1. The van der Waals surface area contributed by atoms with E-state index in [2.05, 4.69) is 27.5 Å². The van der Waals surface area contributed by atoms with Gasteiger partial charge in [-0.1, -0.05) is 0 Å². The van der Waals surface area contributed by atoms with Crippen LogP contribution in [0.4, 0.5) is 5.82 Å². The lowest BCUT2D eigenvalue weighted by atomic mass is 10.3. The molecule has 0 saturated heterocycles. The Balaban J connectivity index is 2.04. The first-order valence-electron chi connectivity index (χ1n) is 5.45. The van der Waals surface area contributed by atoms with Crippen LogP contribution in [0.15, 0.2) is 29.4 Å². The molecule has 0 bridgehead atoms. The number of pyridine rings is 1. The van der Waals surface area contributed by atoms with Crippen molar-refractivity contribution in [2.75, 3.05) is 12.4 Å². The Morgan fingerprint density at radius 2 is 2.24 bits per heavy atom. The molecular formula is C12H16N4S. The lowest BCUT2D eigenvalue weighted by molar-refractivity contribution is 0.692. The summed E-state index contributed by atoms with van der Waals surface area (Å²) in [4.78, 5) is 4.20. The molecule has 0 aromatic carbocycles. The molecule has 0 amide bonds. The van der Waals surface area contributed by atoms with E-state index in [-0.39, 0.29) is 0 Å². The summed E-state index contributed by atoms with van der Waals surface area (Å²) in [5.74, 6) is 1.83. The molecule has 17 heavy (non-hydrogen) atoms. The van der Waals surface area contributed by atoms with Crippen molar-refractivity contribution in [3.63, 3.8) is 0 Å². The Kier molecular flexibility index (Phi) is 3.68. The van der Waals surface area contributed by atoms with Crippen molar-refractivity contribution in [2.24, 2.45) is 7.05 Å². The highest BCUT2D eigenvalue weighted by Crippen LogP contribution is 2.23. The minimum absolute atomic E-state index is 0.907. The molecule has 0 aliphatic rings. The standard InChI is InChI=1S/C12H16N4S/c1-9-6-12(16(3)15-9)17-8-10-4-5-14-11(7-10)13-2/h4-7H,8H2,1-3H3,(H,13,14). The first-order valence-corrected chi connectivity index (χ1v) is 6.43. The predicted molar refractivity (Wildman–Crippen MR) is 71.3 cm³/mol. The molecule has 2 heterocycles. The average Bonchev–Trinajstić information content (AvgIpc) is 2.65. The van der Waals surface area contributed by atoms with Gasteiger partial charge in [-0.2, -0.15) is 5.10 Å². The Labute approximate surface area is 105 Å². The van der Waals surface area contributed by atoms with Gasteiger partial charge in [-0.15, -0.1) is 11.8 Å². The second-order valence-electron chi connectivity index (χ2n) is 3.84. The van der Waals surface area contributed by atoms with Crippen LogP contribution in [0.3, 0.4) is 0 Å². The number of anilines is 1. The molecule has 0 spiro atoms. The van der Waals surface area contributed by atoms with E-state index in [1.165, 1.54) is 10.6 Å². The third kappa shape index (κ3) is 3.00. The van der Waals surface area contributed by atoms with Gasteiger partial charge in [0.2, 0.25) is 0 Å². The van der Waals surface area contributed by atoms with Gasteiger partial charge in [0.05, 0.1) is 10.7 Å². The van der Waals surface area contributed by atoms with Gasteiger partial charge < -0.3 is 5.32 Å². The molecule has 90 valence electrons. The van der Waals surface area contributed by atoms with Crippen LogP contribution in [0.1, 0.15) is 11.3 Å². The summed E-state index contributed by atoms with van der Waals surface area (Å²) in [6.07, 6.45) is 1.83. The summed E-state index contributed by atoms with van der Waals surface area (Å²) < 4.78 is 1.92. The maximum Gasteiger partial charge on any atom is 0.125 e. The quantitative estimate of drug-likeness (QED) is 0.844. The Hall–Kier alpha value is -1.49. The monoisotopic (exact) mass is 248 g/mol. The molecule has 0 aliphatic heterocycles. The lowest BCUT2D eigenvalue weighted by Crippen LogP contribution is -1.94. The number of hydrogen-bond acceptors (Lipinski definition) is 4. The van der Waals surface area contributed by atoms with E-state index in [1.807, 2.05) is 38.0 Å². The van der Waals surface area contributed by atoms with Crippen LogP contribution >= 0.6 is 11.8 Å². The third-order valence-corrected chi connectivity index (χ3v) is 3.58. The van der Waals surface area contributed by atoms with Crippen LogP contribution in [0.5, 0.6) is 0 Å². The Morgan fingerprint density at radius 3 is 2.88 bits per heavy atom. The summed E-state index contributed by atoms with van der Waals surface area (Å²) in [7, 11) is 3.85. The minimum atomic E-state index is 0.907. The highest BCUT2D eigenvalue weighted by Gasteiger charge is 2.03. The number of nitrogens with zero attached hydrogens (tertiary/aromatic N) is 3. The topological polar surface area (TPSA) is 42.7 Å². The van der Waals surface area contributed by atoms with Crippen LogP contribution in [0.25, 0.3) is 0 Å². The van der Waals surface area contributed by atoms with Gasteiger partial charge in [-0.25, -0.2) is 4.98 Å². The predicted octanol–water partition coefficient (Wildman–Crippen LogP) is 2.46. The third-order valence-electron chi connectivity index (χ3n) is 2.43. The molecule has 0 saturated carbocycles. The minimum Gasteiger partial charge on any atom is -0.373 e. The maximum atomic E-state index is 4.33. The number of aryl methyl sites for hydroxylation is 2. The van der Waals surface area contributed by atoms with E-state index in [1.54, 1.807) is 11.8 Å². The van der Waals surface area contributed by atoms with E-state index < -0.39 is 0 Å². The summed E-state index contributed by atoms with van der Waals surface area (Å²) in [5.41, 5.74) is 2.31. The zero-order valence-corrected chi connectivity index (χ0v) is 11.1. The summed E-state index contributed by atoms with van der Waals surface area (Å²) in [5, 5.41) is 8.56. The molecule has 5 heteroatoms. The van der Waals surface area contributed by atoms with E-state index in [9.17, 15) is 0 Å². The van der Waals surface area contributed by atoms with Gasteiger partial charge in [0.15, 0.2) is 0 Å². The first kappa shape index (κ1) is 12.0. The summed E-state index contributed by atoms with van der Waals surface area (Å²) in [6, 6.07) is 6.21. The zero-order valence-electron chi connectivity index (χ0n) is 10.3. The molecule has 0 radical (unpaired) electrons. The van der Waals surface area contributed by atoms with Crippen molar-refractivity contribution in [3.05, 3.63) is 35.7 Å². The second kappa shape index (κ2) is 5.23. The maximum absolute atomic E-state index is 4.33. The lowest BCUT2D eigenvalue weighted by Gasteiger charge is -2.04. The second-order valence-corrected chi connectivity index (χ2v) is 4.83. The van der Waals surface area contributed by atoms with Crippen LogP contribution in [-0.2, 0) is 12.8 Å². The fraction of sp³-hybridized carbons (Fsp3) is 0.333. The van der Waals surface area contributed by atoms with Crippen molar-refractivity contribution >= 4 is 17.6 Å². The van der Waals surface area contributed by atoms with Gasteiger partial charge in [0.1, 0.15) is 5.82 Å². The number of nitrogens with one attached hydrogen (secondary N) is 1. The van der Waals surface area contributed by atoms with Gasteiger partial charge in [-0.05, 0) is 30.7 Å². The van der Waals surface area contributed by atoms with E-state index >= 15 is 0 Å². The molecule has 0 fully saturated rings. The van der Waals surface area contributed by atoms with E-state index in [0.717, 1.165) is 17.3 Å². The van der Waals surface area contributed by atoms with Crippen LogP contribution in [0, 0.1) is 6.92 Å². The fourth-order valence-electron chi connectivity index (χ4n) is 1.58. The first-order chi connectivity index (χ1) is 8.19. The van der Waals surface area contributed by atoms with Crippen molar-refractivity contribution in [2.45, 2.75) is 17.7 Å². The Morgan fingerprint density at radius 1 is 1.41 bits per heavy atom. The summed E-state index contributed by atoms with van der Waals surface area (Å²) >= 11 is 1.79. The van der Waals surface area contributed by atoms with Gasteiger partial charge in [0, 0.05) is 26.0 Å². The van der Waals surface area contributed by atoms with Gasteiger partial charge in [0.25, 0.3) is 0 Å². The Bertz CT molecular complexity index is 507. The molecule has 2 aromatic heterocycles. The largest absolute Gasteiger partial charge is 0.373 e. The average molecular weight is 248 g/mol. The summed E-state index contributed by atoms with van der Waals surface area (Å²) in [6.45, 7) is 2.01. The fourth-order valence-corrected chi connectivity index (χ4v) is 2.56. The van der Waals surface area contributed by atoms with Crippen LogP contribution in [0.2, 0.25) is 0 Å². The molecule has 0 atom stereocenters. The van der Waals surface area contributed by atoms with Crippen LogP contribution < -0.4 is 5.32 Å². The smallest absolute Gasteiger partial charge is 0.125 e. The number of rotatable bonds is 4. The molecule has 0 aliphatic carbocycles. The van der Waals surface area contributed by atoms with Crippen molar-refractivity contribution in [1.82, 2.24) is 14.8 Å². The highest BCUT2D eigenvalue weighted by atomic mass is 32.2. The molecule has 1 N–H and O–H groups in total. The van der Waals surface area contributed by atoms with Crippen molar-refractivity contribution < 1.29 is 0 Å². The van der Waals surface area contributed by atoms with Gasteiger partial charge in [-0.3, -0.25) is 4.68 Å². The van der Waals surface area contributed by atoms with Gasteiger partial charge >= 0.3 is 0 Å². The van der Waals surface area contributed by atoms with Crippen molar-refractivity contribution in [3.8, 4) is 0 Å². The molecular weight excluding hydrogens is 232 g/mol. The van der Waals surface area contributed by atoms with E-state index in [4.69, 9.17) is 0 Å². The molecule has 2 aromatic rings. The van der Waals surface area contributed by atoms with Crippen molar-refractivity contribution in [1.29, 1.82) is 0 Å². The molecule has 0 unspecified atom stereocenters.